The maximum atomic E-state index is 15.3. The first-order valence-electron chi connectivity index (χ1n) is 21.8. The number of carbonyl (C=O) groups is 3. The second kappa shape index (κ2) is 18.7. The molecule has 1 aromatic heterocycles. The van der Waals surface area contributed by atoms with E-state index in [0.717, 1.165) is 42.1 Å². The summed E-state index contributed by atoms with van der Waals surface area (Å²) in [5, 5.41) is 15.2. The lowest BCUT2D eigenvalue weighted by Crippen LogP contribution is -2.47. The van der Waals surface area contributed by atoms with Gasteiger partial charge in [-0.1, -0.05) is 24.6 Å². The molecule has 3 aromatic carbocycles. The molecule has 3 saturated heterocycles. The maximum Gasteiger partial charge on any atom is 0.301 e. The van der Waals surface area contributed by atoms with Crippen molar-refractivity contribution >= 4 is 61.8 Å². The number of likely N-dealkylation sites (tertiary alicyclic amines) is 2. The zero-order chi connectivity index (χ0) is 46.2. The number of anilines is 2. The minimum atomic E-state index is -4.06. The first-order chi connectivity index (χ1) is 31.1. The number of halogens is 3. The van der Waals surface area contributed by atoms with E-state index >= 15 is 8.78 Å². The average molecular weight is 934 g/mol. The standard InChI is InChI=1S/C45H50ClF2N9O7S/c1-3-54(2)65(62,63)53-34-7-6-32(47)42(31(34)24-49)64-37-10-8-35-40(41(37)46)44(61)57(26-50-35)29-12-15-45(23-29)16-20-56(21-17-45)39(59)25-55-18-13-27(14-19-55)30-5-4-28(22-33(30)48)51-36-9-11-38(58)52-43(36)60/h4-8,10,22,26-27,29,36,51,53H,3,9,11-21,23,25H2,1-2H3,(H,52,58,60)/t29-,36?/m0/s1. The zero-order valence-corrected chi connectivity index (χ0v) is 37.6. The van der Waals surface area contributed by atoms with Crippen LogP contribution in [0, 0.1) is 28.4 Å². The predicted molar refractivity (Wildman–Crippen MR) is 239 cm³/mol. The van der Waals surface area contributed by atoms with Crippen molar-refractivity contribution in [2.45, 2.75) is 82.7 Å². The number of aromatic nitrogens is 2. The number of benzene rings is 3. The summed E-state index contributed by atoms with van der Waals surface area (Å²) < 4.78 is 66.6. The highest BCUT2D eigenvalue weighted by atomic mass is 35.5. The Morgan fingerprint density at radius 1 is 1.03 bits per heavy atom. The van der Waals surface area contributed by atoms with Gasteiger partial charge in [-0.3, -0.25) is 38.7 Å². The van der Waals surface area contributed by atoms with E-state index in [1.807, 2.05) is 11.0 Å². The molecule has 1 aliphatic carbocycles. The Labute approximate surface area is 380 Å². The number of nitriles is 1. The largest absolute Gasteiger partial charge is 0.451 e. The summed E-state index contributed by atoms with van der Waals surface area (Å²) in [6, 6.07) is 10.9. The SMILES string of the molecule is CCN(C)S(=O)(=O)Nc1ccc(F)c(Oc2ccc3ncn([C@H]4CCC5(CCN(C(=O)CN6CCC(c7ccc(NC8CCC(=O)NC8=O)cc7F)CC6)CC5)C4)c(=O)c3c2Cl)c1C#N. The van der Waals surface area contributed by atoms with Crippen LogP contribution in [0.2, 0.25) is 5.02 Å². The third-order valence-electron chi connectivity index (χ3n) is 13.6. The molecule has 4 heterocycles. The summed E-state index contributed by atoms with van der Waals surface area (Å²) in [4.78, 5) is 59.8. The molecule has 1 unspecified atom stereocenters. The molecule has 16 nitrogen and oxygen atoms in total. The second-order valence-corrected chi connectivity index (χ2v) is 19.6. The molecule has 4 fully saturated rings. The van der Waals surface area contributed by atoms with E-state index in [4.69, 9.17) is 16.3 Å². The highest BCUT2D eigenvalue weighted by Crippen LogP contribution is 2.50. The van der Waals surface area contributed by atoms with Gasteiger partial charge in [-0.05, 0) is 118 Å². The molecule has 3 amide bonds. The van der Waals surface area contributed by atoms with Gasteiger partial charge in [0.05, 0.1) is 34.5 Å². The molecular weight excluding hydrogens is 884 g/mol. The normalized spacial score (nSPS) is 20.5. The Balaban J connectivity index is 0.862. The van der Waals surface area contributed by atoms with Crippen molar-refractivity contribution in [2.75, 3.05) is 56.4 Å². The summed E-state index contributed by atoms with van der Waals surface area (Å²) in [6.07, 6.45) is 7.36. The lowest BCUT2D eigenvalue weighted by Gasteiger charge is -2.40. The third kappa shape index (κ3) is 9.53. The van der Waals surface area contributed by atoms with Crippen molar-refractivity contribution in [1.82, 2.24) is 29.0 Å². The molecule has 0 bridgehead atoms. The molecule has 65 heavy (non-hydrogen) atoms. The molecule has 1 spiro atoms. The Hall–Kier alpha value is -5.68. The van der Waals surface area contributed by atoms with Crippen LogP contribution in [0.3, 0.4) is 0 Å². The third-order valence-corrected chi connectivity index (χ3v) is 15.5. The monoisotopic (exact) mass is 933 g/mol. The lowest BCUT2D eigenvalue weighted by molar-refractivity contribution is -0.135. The van der Waals surface area contributed by atoms with E-state index in [2.05, 4.69) is 25.2 Å². The predicted octanol–water partition coefficient (Wildman–Crippen LogP) is 6.03. The van der Waals surface area contributed by atoms with Crippen molar-refractivity contribution < 1.29 is 36.3 Å². The Kier molecular flexibility index (Phi) is 13.2. The number of ether oxygens (including phenoxy) is 1. The van der Waals surface area contributed by atoms with Gasteiger partial charge in [0.1, 0.15) is 29.2 Å². The van der Waals surface area contributed by atoms with E-state index in [0.29, 0.717) is 68.6 Å². The minimum absolute atomic E-state index is 0.00318. The van der Waals surface area contributed by atoms with Crippen molar-refractivity contribution in [3.05, 3.63) is 86.9 Å². The van der Waals surface area contributed by atoms with Crippen molar-refractivity contribution in [2.24, 2.45) is 5.41 Å². The fourth-order valence-electron chi connectivity index (χ4n) is 9.63. The first kappa shape index (κ1) is 45.9. The molecule has 1 saturated carbocycles. The van der Waals surface area contributed by atoms with Gasteiger partial charge in [0.15, 0.2) is 11.6 Å². The van der Waals surface area contributed by atoms with Gasteiger partial charge in [0.2, 0.25) is 17.7 Å². The minimum Gasteiger partial charge on any atom is -0.451 e. The van der Waals surface area contributed by atoms with E-state index in [1.54, 1.807) is 23.6 Å². The zero-order valence-electron chi connectivity index (χ0n) is 36.0. The Morgan fingerprint density at radius 3 is 2.48 bits per heavy atom. The maximum absolute atomic E-state index is 15.3. The van der Waals surface area contributed by atoms with Gasteiger partial charge in [-0.15, -0.1) is 0 Å². The quantitative estimate of drug-likeness (QED) is 0.140. The van der Waals surface area contributed by atoms with Gasteiger partial charge in [-0.25, -0.2) is 13.8 Å². The Bertz CT molecular complexity index is 2750. The molecule has 4 aromatic rings. The number of imide groups is 1. The van der Waals surface area contributed by atoms with Gasteiger partial charge >= 0.3 is 10.2 Å². The lowest BCUT2D eigenvalue weighted by atomic mass is 9.77. The number of hydrogen-bond acceptors (Lipinski definition) is 11. The summed E-state index contributed by atoms with van der Waals surface area (Å²) in [5.41, 5.74) is 0.299. The highest BCUT2D eigenvalue weighted by molar-refractivity contribution is 7.90. The van der Waals surface area contributed by atoms with Crippen LogP contribution < -0.4 is 25.7 Å². The molecule has 20 heteroatoms. The number of amides is 3. The van der Waals surface area contributed by atoms with Crippen LogP contribution in [-0.4, -0.2) is 102 Å². The van der Waals surface area contributed by atoms with Crippen LogP contribution >= 0.6 is 11.6 Å². The average Bonchev–Trinajstić information content (AvgIpc) is 3.69. The summed E-state index contributed by atoms with van der Waals surface area (Å²) in [7, 11) is -2.71. The molecule has 3 aliphatic heterocycles. The van der Waals surface area contributed by atoms with E-state index in [-0.39, 0.29) is 76.4 Å². The van der Waals surface area contributed by atoms with E-state index in [9.17, 15) is 32.9 Å². The number of piperidine rings is 3. The van der Waals surface area contributed by atoms with Crippen LogP contribution in [-0.2, 0) is 24.6 Å². The number of rotatable bonds is 12. The van der Waals surface area contributed by atoms with Gasteiger partial charge in [0.25, 0.3) is 5.56 Å². The molecule has 8 rings (SSSR count). The molecular formula is C45H50ClF2N9O7S. The molecule has 2 atom stereocenters. The first-order valence-corrected chi connectivity index (χ1v) is 23.6. The number of nitrogens with zero attached hydrogens (tertiary/aromatic N) is 6. The fourth-order valence-corrected chi connectivity index (χ4v) is 10.8. The van der Waals surface area contributed by atoms with Crippen LogP contribution in [0.4, 0.5) is 20.2 Å². The second-order valence-electron chi connectivity index (χ2n) is 17.5. The number of carbonyl (C=O) groups excluding carboxylic acids is 3. The van der Waals surface area contributed by atoms with Crippen LogP contribution in [0.15, 0.2) is 53.6 Å². The summed E-state index contributed by atoms with van der Waals surface area (Å²) in [6.45, 7) is 4.57. The summed E-state index contributed by atoms with van der Waals surface area (Å²) in [5.74, 6) is -2.65. The number of fused-ring (bicyclic) bond motifs is 1. The fraction of sp³-hybridized carbons (Fsp3) is 0.467. The van der Waals surface area contributed by atoms with Gasteiger partial charge < -0.3 is 15.0 Å². The van der Waals surface area contributed by atoms with Crippen molar-refractivity contribution in [1.29, 1.82) is 5.26 Å². The van der Waals surface area contributed by atoms with Gasteiger partial charge in [0, 0.05) is 44.8 Å². The Morgan fingerprint density at radius 2 is 1.78 bits per heavy atom. The van der Waals surface area contributed by atoms with Crippen LogP contribution in [0.25, 0.3) is 10.9 Å². The molecule has 4 aliphatic rings. The molecule has 344 valence electrons. The van der Waals surface area contributed by atoms with Crippen LogP contribution in [0.1, 0.15) is 87.8 Å². The summed E-state index contributed by atoms with van der Waals surface area (Å²) >= 11 is 6.79. The van der Waals surface area contributed by atoms with Crippen LogP contribution in [0.5, 0.6) is 11.5 Å². The highest BCUT2D eigenvalue weighted by Gasteiger charge is 2.43. The van der Waals surface area contributed by atoms with Gasteiger partial charge in [-0.2, -0.15) is 18.0 Å². The smallest absolute Gasteiger partial charge is 0.301 e. The van der Waals surface area contributed by atoms with Crippen molar-refractivity contribution in [3.8, 4) is 17.6 Å². The number of hydrogen-bond donors (Lipinski definition) is 3. The van der Waals surface area contributed by atoms with Crippen molar-refractivity contribution in [3.63, 3.8) is 0 Å². The van der Waals surface area contributed by atoms with E-state index < -0.39 is 44.8 Å². The van der Waals surface area contributed by atoms with E-state index in [1.165, 1.54) is 31.6 Å². The number of nitrogens with one attached hydrogen (secondary N) is 3. The molecule has 3 N–H and O–H groups in total. The topological polar surface area (TPSA) is 199 Å². The molecule has 0 radical (unpaired) electrons.